The second-order valence-corrected chi connectivity index (χ2v) is 4.48. The molecule has 1 aromatic carbocycles. The van der Waals surface area contributed by atoms with Crippen LogP contribution in [0.25, 0.3) is 0 Å². The third-order valence-electron chi connectivity index (χ3n) is 3.09. The van der Waals surface area contributed by atoms with Crippen LogP contribution in [0.5, 0.6) is 0 Å². The lowest BCUT2D eigenvalue weighted by Gasteiger charge is -2.16. The SMILES string of the molecule is CCC(O)C(C)Cc1ccc([N+](=O)[O-])cc1[N+](=O)[O-]. The normalized spacial score (nSPS) is 13.8. The summed E-state index contributed by atoms with van der Waals surface area (Å²) >= 11 is 0. The zero-order chi connectivity index (χ0) is 14.6. The van der Waals surface area contributed by atoms with E-state index in [1.165, 1.54) is 12.1 Å². The number of non-ortho nitro benzene ring substituents is 1. The molecule has 104 valence electrons. The van der Waals surface area contributed by atoms with E-state index in [1.807, 2.05) is 6.92 Å². The molecule has 0 saturated heterocycles. The van der Waals surface area contributed by atoms with Crippen molar-refractivity contribution < 1.29 is 15.0 Å². The van der Waals surface area contributed by atoms with Gasteiger partial charge in [0.2, 0.25) is 0 Å². The molecule has 0 aromatic heterocycles. The third-order valence-corrected chi connectivity index (χ3v) is 3.09. The molecule has 2 atom stereocenters. The van der Waals surface area contributed by atoms with Gasteiger partial charge in [-0.3, -0.25) is 20.2 Å². The van der Waals surface area contributed by atoms with Gasteiger partial charge in [0, 0.05) is 11.6 Å². The Balaban J connectivity index is 3.07. The molecule has 19 heavy (non-hydrogen) atoms. The van der Waals surface area contributed by atoms with Crippen molar-refractivity contribution in [2.45, 2.75) is 32.8 Å². The molecule has 0 aliphatic rings. The Morgan fingerprint density at radius 1 is 1.26 bits per heavy atom. The van der Waals surface area contributed by atoms with Crippen LogP contribution >= 0.6 is 0 Å². The van der Waals surface area contributed by atoms with E-state index in [0.717, 1.165) is 6.07 Å². The van der Waals surface area contributed by atoms with Gasteiger partial charge in [0.15, 0.2) is 0 Å². The number of nitrogens with zero attached hydrogens (tertiary/aromatic N) is 2. The topological polar surface area (TPSA) is 107 Å². The molecule has 1 aromatic rings. The van der Waals surface area contributed by atoms with Gasteiger partial charge in [-0.15, -0.1) is 0 Å². The lowest BCUT2D eigenvalue weighted by atomic mass is 9.93. The molecule has 0 saturated carbocycles. The van der Waals surface area contributed by atoms with Crippen LogP contribution in [0.3, 0.4) is 0 Å². The number of aliphatic hydroxyl groups excluding tert-OH is 1. The highest BCUT2D eigenvalue weighted by Crippen LogP contribution is 2.27. The summed E-state index contributed by atoms with van der Waals surface area (Å²) in [5, 5.41) is 31.2. The molecule has 0 fully saturated rings. The highest BCUT2D eigenvalue weighted by atomic mass is 16.6. The number of rotatable bonds is 6. The highest BCUT2D eigenvalue weighted by Gasteiger charge is 2.22. The molecule has 0 aliphatic carbocycles. The van der Waals surface area contributed by atoms with Gasteiger partial charge >= 0.3 is 0 Å². The van der Waals surface area contributed by atoms with E-state index in [-0.39, 0.29) is 17.3 Å². The van der Waals surface area contributed by atoms with Crippen molar-refractivity contribution >= 4 is 11.4 Å². The number of benzene rings is 1. The van der Waals surface area contributed by atoms with Gasteiger partial charge in [-0.2, -0.15) is 0 Å². The summed E-state index contributed by atoms with van der Waals surface area (Å²) in [5.41, 5.74) is -0.181. The Bertz CT molecular complexity index is 489. The molecule has 7 nitrogen and oxygen atoms in total. The zero-order valence-electron chi connectivity index (χ0n) is 10.8. The Hall–Kier alpha value is -2.02. The Labute approximate surface area is 110 Å². The number of hydrogen-bond donors (Lipinski definition) is 1. The van der Waals surface area contributed by atoms with E-state index >= 15 is 0 Å². The van der Waals surface area contributed by atoms with Crippen LogP contribution in [0.1, 0.15) is 25.8 Å². The number of nitro benzene ring substituents is 2. The van der Waals surface area contributed by atoms with Gasteiger partial charge in [-0.1, -0.05) is 13.8 Å². The van der Waals surface area contributed by atoms with Gasteiger partial charge in [0.25, 0.3) is 11.4 Å². The summed E-state index contributed by atoms with van der Waals surface area (Å²) in [5.74, 6) is -0.148. The van der Waals surface area contributed by atoms with Gasteiger partial charge in [-0.05, 0) is 24.8 Å². The standard InChI is InChI=1S/C12H16N2O5/c1-3-12(15)8(2)6-9-4-5-10(13(16)17)7-11(9)14(18)19/h4-5,7-8,12,15H,3,6H2,1-2H3. The largest absolute Gasteiger partial charge is 0.393 e. The van der Waals surface area contributed by atoms with E-state index < -0.39 is 16.0 Å². The van der Waals surface area contributed by atoms with Crippen molar-refractivity contribution in [1.29, 1.82) is 0 Å². The van der Waals surface area contributed by atoms with Crippen molar-refractivity contribution in [3.05, 3.63) is 44.0 Å². The van der Waals surface area contributed by atoms with Crippen LogP contribution < -0.4 is 0 Å². The molecule has 1 rings (SSSR count). The van der Waals surface area contributed by atoms with Crippen molar-refractivity contribution in [2.24, 2.45) is 5.92 Å². The molecular formula is C12H16N2O5. The third kappa shape index (κ3) is 3.72. The highest BCUT2D eigenvalue weighted by molar-refractivity contribution is 5.49. The van der Waals surface area contributed by atoms with Crippen LogP contribution in [-0.4, -0.2) is 21.1 Å². The van der Waals surface area contributed by atoms with Crippen LogP contribution in [-0.2, 0) is 6.42 Å². The van der Waals surface area contributed by atoms with Crippen molar-refractivity contribution in [2.75, 3.05) is 0 Å². The zero-order valence-corrected chi connectivity index (χ0v) is 10.8. The van der Waals surface area contributed by atoms with Crippen LogP contribution in [0, 0.1) is 26.1 Å². The Morgan fingerprint density at radius 3 is 2.37 bits per heavy atom. The van der Waals surface area contributed by atoms with Gasteiger partial charge in [0.1, 0.15) is 0 Å². The maximum Gasteiger partial charge on any atom is 0.279 e. The fourth-order valence-electron chi connectivity index (χ4n) is 1.89. The summed E-state index contributed by atoms with van der Waals surface area (Å²) in [6.07, 6.45) is 0.320. The van der Waals surface area contributed by atoms with Gasteiger partial charge < -0.3 is 5.11 Å². The molecule has 0 amide bonds. The molecule has 0 bridgehead atoms. The molecular weight excluding hydrogens is 252 g/mol. The summed E-state index contributed by atoms with van der Waals surface area (Å²) < 4.78 is 0. The molecule has 2 unspecified atom stereocenters. The van der Waals surface area contributed by atoms with E-state index in [1.54, 1.807) is 6.92 Å². The van der Waals surface area contributed by atoms with Gasteiger partial charge in [0.05, 0.1) is 22.0 Å². The molecule has 0 heterocycles. The van der Waals surface area contributed by atoms with Crippen LogP contribution in [0.15, 0.2) is 18.2 Å². The quantitative estimate of drug-likeness (QED) is 0.629. The second kappa shape index (κ2) is 6.24. The van der Waals surface area contributed by atoms with Crippen molar-refractivity contribution in [3.8, 4) is 0 Å². The average molecular weight is 268 g/mol. The maximum atomic E-state index is 10.9. The summed E-state index contributed by atoms with van der Waals surface area (Å²) in [6.45, 7) is 3.62. The van der Waals surface area contributed by atoms with Crippen molar-refractivity contribution in [1.82, 2.24) is 0 Å². The maximum absolute atomic E-state index is 10.9. The first kappa shape index (κ1) is 15.0. The Kier molecular flexibility index (Phi) is 4.94. The number of aliphatic hydroxyl groups is 1. The van der Waals surface area contributed by atoms with Crippen LogP contribution in [0.4, 0.5) is 11.4 Å². The van der Waals surface area contributed by atoms with E-state index in [0.29, 0.717) is 18.4 Å². The summed E-state index contributed by atoms with van der Waals surface area (Å²) in [4.78, 5) is 20.2. The predicted octanol–water partition coefficient (Wildman–Crippen LogP) is 2.45. The fraction of sp³-hybridized carbons (Fsp3) is 0.500. The lowest BCUT2D eigenvalue weighted by Crippen LogP contribution is -2.19. The smallest absolute Gasteiger partial charge is 0.279 e. The first-order valence-electron chi connectivity index (χ1n) is 5.96. The van der Waals surface area contributed by atoms with Crippen LogP contribution in [0.2, 0.25) is 0 Å². The first-order valence-corrected chi connectivity index (χ1v) is 5.96. The second-order valence-electron chi connectivity index (χ2n) is 4.48. The minimum Gasteiger partial charge on any atom is -0.393 e. The number of nitro groups is 2. The molecule has 7 heteroatoms. The Morgan fingerprint density at radius 2 is 1.89 bits per heavy atom. The number of hydrogen-bond acceptors (Lipinski definition) is 5. The van der Waals surface area contributed by atoms with Gasteiger partial charge in [-0.25, -0.2) is 0 Å². The molecule has 1 N–H and O–H groups in total. The monoisotopic (exact) mass is 268 g/mol. The van der Waals surface area contributed by atoms with E-state index in [4.69, 9.17) is 0 Å². The minimum atomic E-state index is -0.666. The first-order chi connectivity index (χ1) is 8.86. The van der Waals surface area contributed by atoms with Crippen molar-refractivity contribution in [3.63, 3.8) is 0 Å². The predicted molar refractivity (Wildman–Crippen MR) is 68.9 cm³/mol. The van der Waals surface area contributed by atoms with E-state index in [2.05, 4.69) is 0 Å². The minimum absolute atomic E-state index is 0.148. The lowest BCUT2D eigenvalue weighted by molar-refractivity contribution is -0.394. The molecule has 0 aliphatic heterocycles. The summed E-state index contributed by atoms with van der Waals surface area (Å²) in [7, 11) is 0. The van der Waals surface area contributed by atoms with E-state index in [9.17, 15) is 25.3 Å². The molecule has 0 spiro atoms. The average Bonchev–Trinajstić information content (AvgIpc) is 2.37. The fourth-order valence-corrected chi connectivity index (χ4v) is 1.89. The molecule has 0 radical (unpaired) electrons. The summed E-state index contributed by atoms with van der Waals surface area (Å²) in [6, 6.07) is 3.59.